The van der Waals surface area contributed by atoms with Crippen LogP contribution in [-0.4, -0.2) is 67.9 Å². The number of halogens is 2. The zero-order chi connectivity index (χ0) is 14.9. The lowest BCUT2D eigenvalue weighted by molar-refractivity contribution is 0.179. The molecule has 0 radical (unpaired) electrons. The van der Waals surface area contributed by atoms with Crippen molar-refractivity contribution in [3.63, 3.8) is 0 Å². The molecule has 0 amide bonds. The van der Waals surface area contributed by atoms with Crippen molar-refractivity contribution >= 4 is 38.4 Å². The molecule has 0 bridgehead atoms. The van der Waals surface area contributed by atoms with Crippen molar-refractivity contribution in [1.29, 1.82) is 0 Å². The van der Waals surface area contributed by atoms with Gasteiger partial charge in [0.05, 0.1) is 0 Å². The first kappa shape index (κ1) is 18.1. The predicted octanol–water partition coefficient (Wildman–Crippen LogP) is 0.934. The molecule has 1 atom stereocenters. The minimum atomic E-state index is -3.43. The lowest BCUT2D eigenvalue weighted by Crippen LogP contribution is -2.49. The Hall–Kier alpha value is -0.250. The Kier molecular flexibility index (Phi) is 6.21. The zero-order valence-electron chi connectivity index (χ0n) is 12.1. The number of nitrogens with zero attached hydrogens (tertiary/aromatic N) is 3. The van der Waals surface area contributed by atoms with Gasteiger partial charge < -0.3 is 5.32 Å². The first-order chi connectivity index (χ1) is 10.1. The highest BCUT2D eigenvalue weighted by Crippen LogP contribution is 2.24. The molecule has 124 valence electrons. The number of hydrogen-bond acceptors (Lipinski definition) is 5. The Morgan fingerprint density at radius 2 is 1.95 bits per heavy atom. The summed E-state index contributed by atoms with van der Waals surface area (Å²) in [7, 11) is -3.43. The molecule has 2 aliphatic heterocycles. The van der Waals surface area contributed by atoms with E-state index in [0.29, 0.717) is 23.6 Å². The van der Waals surface area contributed by atoms with Crippen LogP contribution in [0.15, 0.2) is 27.8 Å². The van der Waals surface area contributed by atoms with Gasteiger partial charge in [-0.3, -0.25) is 9.88 Å². The van der Waals surface area contributed by atoms with E-state index in [2.05, 4.69) is 31.1 Å². The van der Waals surface area contributed by atoms with Crippen LogP contribution in [-0.2, 0) is 10.0 Å². The quantitative estimate of drug-likeness (QED) is 0.802. The Balaban J connectivity index is 0.00000176. The summed E-state index contributed by atoms with van der Waals surface area (Å²) in [6.07, 6.45) is 3.91. The monoisotopic (exact) mass is 410 g/mol. The first-order valence-electron chi connectivity index (χ1n) is 7.13. The van der Waals surface area contributed by atoms with Crippen LogP contribution in [0.2, 0.25) is 0 Å². The molecule has 0 saturated carbocycles. The first-order valence-corrected chi connectivity index (χ1v) is 9.36. The van der Waals surface area contributed by atoms with Gasteiger partial charge in [-0.15, -0.1) is 12.4 Å². The molecule has 1 N–H and O–H groups in total. The SMILES string of the molecule is Cl.O=S(=O)(c1cncc(Br)c1)N1CCC(N2CCNCC2)C1. The fourth-order valence-corrected chi connectivity index (χ4v) is 4.96. The summed E-state index contributed by atoms with van der Waals surface area (Å²) in [4.78, 5) is 6.62. The van der Waals surface area contributed by atoms with E-state index in [1.165, 1.54) is 6.20 Å². The van der Waals surface area contributed by atoms with Crippen molar-refractivity contribution in [2.75, 3.05) is 39.3 Å². The van der Waals surface area contributed by atoms with Gasteiger partial charge in [-0.25, -0.2) is 8.42 Å². The number of sulfonamides is 1. The highest BCUT2D eigenvalue weighted by Gasteiger charge is 2.35. The molecule has 1 unspecified atom stereocenters. The maximum absolute atomic E-state index is 12.6. The molecule has 0 aromatic carbocycles. The number of piperazine rings is 1. The molecule has 1 aromatic rings. The molecule has 2 aliphatic rings. The molecule has 2 fully saturated rings. The van der Waals surface area contributed by atoms with Crippen LogP contribution in [0.25, 0.3) is 0 Å². The van der Waals surface area contributed by atoms with Gasteiger partial charge in [0, 0.05) is 62.2 Å². The van der Waals surface area contributed by atoms with Gasteiger partial charge in [-0.05, 0) is 28.4 Å². The summed E-state index contributed by atoms with van der Waals surface area (Å²) in [5.41, 5.74) is 0. The van der Waals surface area contributed by atoms with Crippen LogP contribution in [0.3, 0.4) is 0 Å². The fraction of sp³-hybridized carbons (Fsp3) is 0.615. The van der Waals surface area contributed by atoms with Crippen molar-refractivity contribution in [2.24, 2.45) is 0 Å². The van der Waals surface area contributed by atoms with Crippen LogP contribution >= 0.6 is 28.3 Å². The van der Waals surface area contributed by atoms with Crippen molar-refractivity contribution in [3.05, 3.63) is 22.9 Å². The van der Waals surface area contributed by atoms with E-state index in [0.717, 1.165) is 32.6 Å². The van der Waals surface area contributed by atoms with Gasteiger partial charge in [0.1, 0.15) is 4.90 Å². The second-order valence-electron chi connectivity index (χ2n) is 5.43. The van der Waals surface area contributed by atoms with Gasteiger partial charge in [0.25, 0.3) is 0 Å². The second kappa shape index (κ2) is 7.55. The molecule has 1 aromatic heterocycles. The molecule has 6 nitrogen and oxygen atoms in total. The largest absolute Gasteiger partial charge is 0.314 e. The summed E-state index contributed by atoms with van der Waals surface area (Å²) >= 11 is 3.28. The summed E-state index contributed by atoms with van der Waals surface area (Å²) in [6, 6.07) is 1.95. The highest BCUT2D eigenvalue weighted by molar-refractivity contribution is 9.10. The maximum Gasteiger partial charge on any atom is 0.244 e. The predicted molar refractivity (Wildman–Crippen MR) is 90.8 cm³/mol. The van der Waals surface area contributed by atoms with Crippen molar-refractivity contribution in [3.8, 4) is 0 Å². The summed E-state index contributed by atoms with van der Waals surface area (Å²) in [5, 5.41) is 3.32. The van der Waals surface area contributed by atoms with E-state index in [-0.39, 0.29) is 17.3 Å². The van der Waals surface area contributed by atoms with Gasteiger partial charge in [-0.2, -0.15) is 4.31 Å². The lowest BCUT2D eigenvalue weighted by Gasteiger charge is -2.32. The van der Waals surface area contributed by atoms with E-state index in [1.807, 2.05) is 0 Å². The van der Waals surface area contributed by atoms with Gasteiger partial charge >= 0.3 is 0 Å². The van der Waals surface area contributed by atoms with E-state index in [4.69, 9.17) is 0 Å². The number of rotatable bonds is 3. The smallest absolute Gasteiger partial charge is 0.244 e. The van der Waals surface area contributed by atoms with Gasteiger partial charge in [-0.1, -0.05) is 0 Å². The minimum Gasteiger partial charge on any atom is -0.314 e. The molecule has 9 heteroatoms. The van der Waals surface area contributed by atoms with Crippen molar-refractivity contribution < 1.29 is 8.42 Å². The summed E-state index contributed by atoms with van der Waals surface area (Å²) < 4.78 is 27.6. The van der Waals surface area contributed by atoms with Crippen molar-refractivity contribution in [1.82, 2.24) is 19.5 Å². The zero-order valence-corrected chi connectivity index (χ0v) is 15.3. The molecular weight excluding hydrogens is 392 g/mol. The van der Waals surface area contributed by atoms with Crippen LogP contribution in [0.4, 0.5) is 0 Å². The number of hydrogen-bond donors (Lipinski definition) is 1. The fourth-order valence-electron chi connectivity index (χ4n) is 2.96. The Morgan fingerprint density at radius 3 is 2.64 bits per heavy atom. The highest BCUT2D eigenvalue weighted by atomic mass is 79.9. The number of aromatic nitrogens is 1. The Morgan fingerprint density at radius 1 is 1.23 bits per heavy atom. The molecule has 3 heterocycles. The Labute approximate surface area is 145 Å². The standard InChI is InChI=1S/C13H19BrN4O2S.ClH/c14-11-7-13(9-16-8-11)21(19,20)18-4-1-12(10-18)17-5-2-15-3-6-17;/h7-9,12,15H,1-6,10H2;1H. The van der Waals surface area contributed by atoms with Crippen LogP contribution < -0.4 is 5.32 Å². The van der Waals surface area contributed by atoms with E-state index in [1.54, 1.807) is 16.6 Å². The van der Waals surface area contributed by atoms with Crippen LogP contribution in [0.5, 0.6) is 0 Å². The third-order valence-electron chi connectivity index (χ3n) is 4.11. The van der Waals surface area contributed by atoms with E-state index >= 15 is 0 Å². The molecular formula is C13H20BrClN4O2S. The molecule has 0 spiro atoms. The lowest BCUT2D eigenvalue weighted by atomic mass is 10.2. The Bertz CT molecular complexity index is 610. The minimum absolute atomic E-state index is 0. The average molecular weight is 412 g/mol. The molecule has 2 saturated heterocycles. The number of pyridine rings is 1. The molecule has 0 aliphatic carbocycles. The molecule has 22 heavy (non-hydrogen) atoms. The third kappa shape index (κ3) is 3.80. The summed E-state index contributed by atoms with van der Waals surface area (Å²) in [6.45, 7) is 5.13. The van der Waals surface area contributed by atoms with E-state index < -0.39 is 10.0 Å². The number of nitrogens with one attached hydrogen (secondary N) is 1. The summed E-state index contributed by atoms with van der Waals surface area (Å²) in [5.74, 6) is 0. The average Bonchev–Trinajstić information content (AvgIpc) is 2.99. The van der Waals surface area contributed by atoms with Gasteiger partial charge in [0.15, 0.2) is 0 Å². The van der Waals surface area contributed by atoms with Crippen LogP contribution in [0, 0.1) is 0 Å². The van der Waals surface area contributed by atoms with Gasteiger partial charge in [0.2, 0.25) is 10.0 Å². The molecule has 3 rings (SSSR count). The topological polar surface area (TPSA) is 65.5 Å². The van der Waals surface area contributed by atoms with Crippen LogP contribution in [0.1, 0.15) is 6.42 Å². The van der Waals surface area contributed by atoms with E-state index in [9.17, 15) is 8.42 Å². The second-order valence-corrected chi connectivity index (χ2v) is 8.28. The maximum atomic E-state index is 12.6. The normalized spacial score (nSPS) is 24.1. The van der Waals surface area contributed by atoms with Crippen molar-refractivity contribution in [2.45, 2.75) is 17.4 Å². The third-order valence-corrected chi connectivity index (χ3v) is 6.38.